The van der Waals surface area contributed by atoms with Gasteiger partial charge < -0.3 is 9.47 Å². The van der Waals surface area contributed by atoms with Gasteiger partial charge in [0.25, 0.3) is 0 Å². The lowest BCUT2D eigenvalue weighted by Gasteiger charge is -2.21. The molecule has 0 bridgehead atoms. The largest absolute Gasteiger partial charge is 0.493 e. The summed E-state index contributed by atoms with van der Waals surface area (Å²) in [6.45, 7) is 4.69. The average molecular weight is 260 g/mol. The molecule has 0 aromatic heterocycles. The van der Waals surface area contributed by atoms with E-state index in [1.54, 1.807) is 7.11 Å². The Balaban J connectivity index is 2.10. The number of hydrogen-bond donors (Lipinski definition) is 0. The smallest absolute Gasteiger partial charge is 0.164 e. The quantitative estimate of drug-likeness (QED) is 0.837. The first-order valence-corrected chi connectivity index (χ1v) is 6.97. The Labute approximate surface area is 113 Å². The van der Waals surface area contributed by atoms with Gasteiger partial charge in [-0.1, -0.05) is 13.0 Å². The van der Waals surface area contributed by atoms with Crippen LogP contribution in [0.4, 0.5) is 0 Å². The van der Waals surface area contributed by atoms with Crippen LogP contribution in [0.2, 0.25) is 0 Å². The second-order valence-electron chi connectivity index (χ2n) is 5.71. The number of rotatable bonds is 3. The average Bonchev–Trinajstić information content (AvgIpc) is 2.83. The van der Waals surface area contributed by atoms with Crippen molar-refractivity contribution in [2.75, 3.05) is 13.7 Å². The van der Waals surface area contributed by atoms with Gasteiger partial charge in [0.2, 0.25) is 0 Å². The highest BCUT2D eigenvalue weighted by Gasteiger charge is 2.52. The molecular formula is C16H20O3. The highest BCUT2D eigenvalue weighted by Crippen LogP contribution is 2.58. The molecule has 0 saturated heterocycles. The summed E-state index contributed by atoms with van der Waals surface area (Å²) in [6, 6.07) is 4.10. The fourth-order valence-corrected chi connectivity index (χ4v) is 3.78. The van der Waals surface area contributed by atoms with Crippen LogP contribution < -0.4 is 9.47 Å². The summed E-state index contributed by atoms with van der Waals surface area (Å²) in [6.07, 6.45) is 2.48. The Hall–Kier alpha value is -1.51. The number of carbonyl (C=O) groups excluding carboxylic acids is 1. The van der Waals surface area contributed by atoms with Crippen LogP contribution in [-0.4, -0.2) is 19.5 Å². The SMILES string of the molecule is CCOc1ccc2c(c1OC)C[C@]1(C)C(=O)CC[C@H]21. The van der Waals surface area contributed by atoms with E-state index in [9.17, 15) is 4.79 Å². The normalized spacial score (nSPS) is 28.2. The molecule has 1 aromatic carbocycles. The molecule has 0 unspecified atom stereocenters. The van der Waals surface area contributed by atoms with Crippen molar-refractivity contribution in [3.63, 3.8) is 0 Å². The summed E-state index contributed by atoms with van der Waals surface area (Å²) in [7, 11) is 1.68. The van der Waals surface area contributed by atoms with Gasteiger partial charge in [0.15, 0.2) is 11.5 Å². The summed E-state index contributed by atoms with van der Waals surface area (Å²) in [5.74, 6) is 2.37. The number of Topliss-reactive ketones (excluding diaryl/α,β-unsaturated/α-hetero) is 1. The van der Waals surface area contributed by atoms with Crippen LogP contribution in [0, 0.1) is 5.41 Å². The number of hydrogen-bond acceptors (Lipinski definition) is 3. The maximum absolute atomic E-state index is 12.2. The number of benzene rings is 1. The molecule has 3 heteroatoms. The van der Waals surface area contributed by atoms with Crippen molar-refractivity contribution in [2.24, 2.45) is 5.41 Å². The lowest BCUT2D eigenvalue weighted by atomic mass is 9.80. The maximum atomic E-state index is 12.2. The van der Waals surface area contributed by atoms with Gasteiger partial charge in [-0.3, -0.25) is 4.79 Å². The van der Waals surface area contributed by atoms with E-state index < -0.39 is 0 Å². The van der Waals surface area contributed by atoms with E-state index in [1.165, 1.54) is 11.1 Å². The molecule has 3 nitrogen and oxygen atoms in total. The van der Waals surface area contributed by atoms with Crippen LogP contribution in [0.3, 0.4) is 0 Å². The second-order valence-corrected chi connectivity index (χ2v) is 5.71. The molecule has 102 valence electrons. The predicted molar refractivity (Wildman–Crippen MR) is 73.0 cm³/mol. The molecule has 0 heterocycles. The zero-order valence-corrected chi connectivity index (χ0v) is 11.8. The number of carbonyl (C=O) groups is 1. The summed E-state index contributed by atoms with van der Waals surface area (Å²) in [4.78, 5) is 12.2. The minimum atomic E-state index is -0.222. The molecule has 2 aliphatic carbocycles. The molecule has 1 fully saturated rings. The van der Waals surface area contributed by atoms with Gasteiger partial charge in [-0.2, -0.15) is 0 Å². The van der Waals surface area contributed by atoms with Crippen molar-refractivity contribution < 1.29 is 14.3 Å². The van der Waals surface area contributed by atoms with Crippen LogP contribution >= 0.6 is 0 Å². The molecular weight excluding hydrogens is 240 g/mol. The van der Waals surface area contributed by atoms with Crippen molar-refractivity contribution >= 4 is 5.78 Å². The third-order valence-corrected chi connectivity index (χ3v) is 4.75. The van der Waals surface area contributed by atoms with Gasteiger partial charge in [-0.05, 0) is 37.3 Å². The van der Waals surface area contributed by atoms with E-state index in [0.717, 1.165) is 30.8 Å². The molecule has 1 saturated carbocycles. The van der Waals surface area contributed by atoms with Crippen LogP contribution in [-0.2, 0) is 11.2 Å². The van der Waals surface area contributed by atoms with Crippen molar-refractivity contribution in [3.05, 3.63) is 23.3 Å². The van der Waals surface area contributed by atoms with Crippen LogP contribution in [0.25, 0.3) is 0 Å². The Morgan fingerprint density at radius 3 is 2.89 bits per heavy atom. The zero-order valence-electron chi connectivity index (χ0n) is 11.8. The van der Waals surface area contributed by atoms with Crippen molar-refractivity contribution in [1.82, 2.24) is 0 Å². The second kappa shape index (κ2) is 4.26. The Morgan fingerprint density at radius 1 is 1.42 bits per heavy atom. The van der Waals surface area contributed by atoms with Gasteiger partial charge in [-0.25, -0.2) is 0 Å². The lowest BCUT2D eigenvalue weighted by Crippen LogP contribution is -2.24. The van der Waals surface area contributed by atoms with E-state index in [-0.39, 0.29) is 5.41 Å². The predicted octanol–water partition coefficient (Wildman–Crippen LogP) is 3.10. The standard InChI is InChI=1S/C16H20O3/c1-4-19-13-7-5-10-11(15(13)18-3)9-16(2)12(10)6-8-14(16)17/h5,7,12H,4,6,8-9H2,1-3H3/t12-,16+/m1/s1. The first-order chi connectivity index (χ1) is 9.11. The Kier molecular flexibility index (Phi) is 2.80. The minimum absolute atomic E-state index is 0.222. The Bertz CT molecular complexity index is 535. The first kappa shape index (κ1) is 12.5. The molecule has 0 aliphatic heterocycles. The summed E-state index contributed by atoms with van der Waals surface area (Å²) in [5, 5.41) is 0. The number of methoxy groups -OCH3 is 1. The summed E-state index contributed by atoms with van der Waals surface area (Å²) < 4.78 is 11.2. The van der Waals surface area contributed by atoms with Gasteiger partial charge >= 0.3 is 0 Å². The van der Waals surface area contributed by atoms with E-state index in [4.69, 9.17) is 9.47 Å². The molecule has 2 aliphatic rings. The molecule has 3 rings (SSSR count). The minimum Gasteiger partial charge on any atom is -0.493 e. The van der Waals surface area contributed by atoms with Crippen LogP contribution in [0.15, 0.2) is 12.1 Å². The molecule has 0 N–H and O–H groups in total. The fourth-order valence-electron chi connectivity index (χ4n) is 3.78. The molecule has 19 heavy (non-hydrogen) atoms. The van der Waals surface area contributed by atoms with E-state index in [2.05, 4.69) is 13.0 Å². The summed E-state index contributed by atoms with van der Waals surface area (Å²) in [5.41, 5.74) is 2.24. The van der Waals surface area contributed by atoms with Crippen molar-refractivity contribution in [2.45, 2.75) is 39.0 Å². The van der Waals surface area contributed by atoms with E-state index in [0.29, 0.717) is 18.3 Å². The van der Waals surface area contributed by atoms with Crippen LogP contribution in [0.1, 0.15) is 43.7 Å². The van der Waals surface area contributed by atoms with Gasteiger partial charge in [0.1, 0.15) is 5.78 Å². The highest BCUT2D eigenvalue weighted by atomic mass is 16.5. The summed E-state index contributed by atoms with van der Waals surface area (Å²) >= 11 is 0. The first-order valence-electron chi connectivity index (χ1n) is 6.97. The maximum Gasteiger partial charge on any atom is 0.164 e. The number of fused-ring (bicyclic) bond motifs is 3. The van der Waals surface area contributed by atoms with Crippen molar-refractivity contribution in [3.8, 4) is 11.5 Å². The lowest BCUT2D eigenvalue weighted by molar-refractivity contribution is -0.125. The molecule has 0 spiro atoms. The molecule has 2 atom stereocenters. The molecule has 1 aromatic rings. The Morgan fingerprint density at radius 2 is 2.21 bits per heavy atom. The third-order valence-electron chi connectivity index (χ3n) is 4.75. The van der Waals surface area contributed by atoms with Gasteiger partial charge in [0, 0.05) is 17.4 Å². The monoisotopic (exact) mass is 260 g/mol. The van der Waals surface area contributed by atoms with Gasteiger partial charge in [-0.15, -0.1) is 0 Å². The van der Waals surface area contributed by atoms with E-state index in [1.807, 2.05) is 13.0 Å². The van der Waals surface area contributed by atoms with Gasteiger partial charge in [0.05, 0.1) is 13.7 Å². The fraction of sp³-hybridized carbons (Fsp3) is 0.562. The highest BCUT2D eigenvalue weighted by molar-refractivity contribution is 5.90. The zero-order chi connectivity index (χ0) is 13.6. The molecule has 0 radical (unpaired) electrons. The van der Waals surface area contributed by atoms with Crippen LogP contribution in [0.5, 0.6) is 11.5 Å². The van der Waals surface area contributed by atoms with E-state index >= 15 is 0 Å². The third kappa shape index (κ3) is 1.60. The number of ketones is 1. The molecule has 0 amide bonds. The number of ether oxygens (including phenoxy) is 2. The van der Waals surface area contributed by atoms with Crippen molar-refractivity contribution in [1.29, 1.82) is 0 Å². The topological polar surface area (TPSA) is 35.5 Å².